The third kappa shape index (κ3) is 4.40. The normalized spacial score (nSPS) is 11.0. The minimum atomic E-state index is -0.996. The number of urea groups is 1. The first kappa shape index (κ1) is 13.9. The maximum atomic E-state index is 11.4. The van der Waals surface area contributed by atoms with Gasteiger partial charge in [-0.15, -0.1) is 0 Å². The predicted molar refractivity (Wildman–Crippen MR) is 60.8 cm³/mol. The van der Waals surface area contributed by atoms with Crippen molar-refractivity contribution < 1.29 is 19.2 Å². The van der Waals surface area contributed by atoms with Crippen LogP contribution in [0.1, 0.15) is 19.7 Å². The van der Waals surface area contributed by atoms with E-state index in [-0.39, 0.29) is 6.54 Å². The van der Waals surface area contributed by atoms with Crippen molar-refractivity contribution in [1.29, 1.82) is 0 Å². The lowest BCUT2D eigenvalue weighted by Crippen LogP contribution is -2.43. The van der Waals surface area contributed by atoms with Crippen LogP contribution in [0, 0.1) is 5.41 Å². The van der Waals surface area contributed by atoms with Gasteiger partial charge in [0.2, 0.25) is 5.89 Å². The molecule has 1 aromatic heterocycles. The third-order valence-electron chi connectivity index (χ3n) is 2.30. The summed E-state index contributed by atoms with van der Waals surface area (Å²) in [7, 11) is 0. The van der Waals surface area contributed by atoms with E-state index in [4.69, 9.17) is 9.63 Å². The van der Waals surface area contributed by atoms with Gasteiger partial charge in [-0.2, -0.15) is 4.98 Å². The van der Waals surface area contributed by atoms with E-state index < -0.39 is 17.4 Å². The second kappa shape index (κ2) is 5.99. The summed E-state index contributed by atoms with van der Waals surface area (Å²) >= 11 is 0. The Bertz CT molecular complexity index is 402. The minimum Gasteiger partial charge on any atom is -0.481 e. The Kier molecular flexibility index (Phi) is 4.64. The number of carbonyl (C=O) groups is 2. The zero-order valence-corrected chi connectivity index (χ0v) is 10.3. The molecule has 0 fully saturated rings. The number of amides is 2. The van der Waals surface area contributed by atoms with Crippen LogP contribution < -0.4 is 10.6 Å². The number of hydrogen-bond donors (Lipinski definition) is 3. The Morgan fingerprint density at radius 3 is 2.72 bits per heavy atom. The first-order chi connectivity index (χ1) is 8.42. The molecule has 0 aliphatic heterocycles. The number of carboxylic acid groups (broad SMARTS) is 1. The van der Waals surface area contributed by atoms with Gasteiger partial charge in [0.05, 0.1) is 5.41 Å². The molecule has 100 valence electrons. The molecule has 18 heavy (non-hydrogen) atoms. The molecule has 0 aromatic carbocycles. The van der Waals surface area contributed by atoms with E-state index in [9.17, 15) is 9.59 Å². The second-order valence-electron chi connectivity index (χ2n) is 4.38. The van der Waals surface area contributed by atoms with E-state index in [1.807, 2.05) is 0 Å². The van der Waals surface area contributed by atoms with Crippen LogP contribution >= 0.6 is 0 Å². The van der Waals surface area contributed by atoms with E-state index in [0.717, 1.165) is 0 Å². The number of rotatable bonds is 6. The van der Waals surface area contributed by atoms with Crippen molar-refractivity contribution in [2.45, 2.75) is 20.3 Å². The van der Waals surface area contributed by atoms with Crippen LogP contribution in [0.4, 0.5) is 4.79 Å². The van der Waals surface area contributed by atoms with Gasteiger partial charge in [-0.3, -0.25) is 4.79 Å². The van der Waals surface area contributed by atoms with Gasteiger partial charge < -0.3 is 20.3 Å². The first-order valence-corrected chi connectivity index (χ1v) is 5.42. The molecule has 1 rings (SSSR count). The predicted octanol–water partition coefficient (Wildman–Crippen LogP) is 0.0221. The van der Waals surface area contributed by atoms with Crippen molar-refractivity contribution in [1.82, 2.24) is 20.8 Å². The molecule has 0 spiro atoms. The largest absolute Gasteiger partial charge is 0.481 e. The van der Waals surface area contributed by atoms with Crippen LogP contribution in [0.25, 0.3) is 0 Å². The van der Waals surface area contributed by atoms with Gasteiger partial charge in [-0.05, 0) is 13.8 Å². The maximum absolute atomic E-state index is 11.4. The molecule has 8 nitrogen and oxygen atoms in total. The fourth-order valence-electron chi connectivity index (χ4n) is 1.03. The number of nitrogens with zero attached hydrogens (tertiary/aromatic N) is 2. The van der Waals surface area contributed by atoms with Crippen molar-refractivity contribution in [3.8, 4) is 0 Å². The highest BCUT2D eigenvalue weighted by molar-refractivity contribution is 5.77. The van der Waals surface area contributed by atoms with Crippen LogP contribution in [0.2, 0.25) is 0 Å². The zero-order valence-electron chi connectivity index (χ0n) is 10.3. The first-order valence-electron chi connectivity index (χ1n) is 5.42. The molecule has 0 radical (unpaired) electrons. The van der Waals surface area contributed by atoms with E-state index >= 15 is 0 Å². The summed E-state index contributed by atoms with van der Waals surface area (Å²) in [6.07, 6.45) is 1.71. The highest BCUT2D eigenvalue weighted by Gasteiger charge is 2.27. The Morgan fingerprint density at radius 2 is 2.17 bits per heavy atom. The molecule has 0 saturated heterocycles. The van der Waals surface area contributed by atoms with E-state index in [2.05, 4.69) is 20.8 Å². The highest BCUT2D eigenvalue weighted by Crippen LogP contribution is 2.12. The summed E-state index contributed by atoms with van der Waals surface area (Å²) in [4.78, 5) is 26.0. The smallest absolute Gasteiger partial charge is 0.314 e. The van der Waals surface area contributed by atoms with Crippen molar-refractivity contribution in [3.63, 3.8) is 0 Å². The van der Waals surface area contributed by atoms with Crippen molar-refractivity contribution in [2.24, 2.45) is 5.41 Å². The summed E-state index contributed by atoms with van der Waals surface area (Å²) in [5.41, 5.74) is -0.996. The van der Waals surface area contributed by atoms with Crippen LogP contribution in [0.15, 0.2) is 10.9 Å². The molecule has 3 N–H and O–H groups in total. The van der Waals surface area contributed by atoms with Crippen molar-refractivity contribution in [2.75, 3.05) is 13.1 Å². The van der Waals surface area contributed by atoms with Gasteiger partial charge in [0, 0.05) is 19.5 Å². The number of nitrogens with one attached hydrogen (secondary N) is 2. The molecular formula is C10H16N4O4. The fraction of sp³-hybridized carbons (Fsp3) is 0.600. The Hall–Kier alpha value is -2.12. The van der Waals surface area contributed by atoms with E-state index in [1.165, 1.54) is 20.2 Å². The van der Waals surface area contributed by atoms with E-state index in [0.29, 0.717) is 18.9 Å². The SMILES string of the molecule is CC(C)(CNC(=O)NCCc1ncno1)C(=O)O. The highest BCUT2D eigenvalue weighted by atomic mass is 16.5. The van der Waals surface area contributed by atoms with Gasteiger partial charge in [-0.1, -0.05) is 5.16 Å². The molecule has 2 amide bonds. The number of carbonyl (C=O) groups excluding carboxylic acids is 1. The van der Waals surface area contributed by atoms with Gasteiger partial charge in [0.1, 0.15) is 0 Å². The number of hydrogen-bond acceptors (Lipinski definition) is 5. The minimum absolute atomic E-state index is 0.0503. The third-order valence-corrected chi connectivity index (χ3v) is 2.30. The van der Waals surface area contributed by atoms with Crippen LogP contribution in [0.5, 0.6) is 0 Å². The Balaban J connectivity index is 2.20. The maximum Gasteiger partial charge on any atom is 0.314 e. The molecule has 1 aromatic rings. The molecule has 0 saturated carbocycles. The van der Waals surface area contributed by atoms with Crippen LogP contribution in [-0.2, 0) is 11.2 Å². The van der Waals surface area contributed by atoms with Gasteiger partial charge in [0.25, 0.3) is 0 Å². The van der Waals surface area contributed by atoms with Gasteiger partial charge in [0.15, 0.2) is 6.33 Å². The van der Waals surface area contributed by atoms with Gasteiger partial charge >= 0.3 is 12.0 Å². The van der Waals surface area contributed by atoms with E-state index in [1.54, 1.807) is 0 Å². The molecule has 8 heteroatoms. The molecule has 0 aliphatic carbocycles. The Labute approximate surface area is 104 Å². The second-order valence-corrected chi connectivity index (χ2v) is 4.38. The molecular weight excluding hydrogens is 240 g/mol. The number of aromatic nitrogens is 2. The van der Waals surface area contributed by atoms with Crippen molar-refractivity contribution >= 4 is 12.0 Å². The monoisotopic (exact) mass is 256 g/mol. The van der Waals surface area contributed by atoms with Crippen LogP contribution in [-0.4, -0.2) is 40.3 Å². The average molecular weight is 256 g/mol. The molecule has 1 heterocycles. The summed E-state index contributed by atoms with van der Waals surface area (Å²) < 4.78 is 4.75. The molecule has 0 aliphatic rings. The standard InChI is InChI=1S/C10H16N4O4/c1-10(2,8(15)16)5-12-9(17)11-4-3-7-13-6-14-18-7/h6H,3-5H2,1-2H3,(H,15,16)(H2,11,12,17). The lowest BCUT2D eigenvalue weighted by Gasteiger charge is -2.19. The number of aliphatic carboxylic acids is 1. The number of carboxylic acids is 1. The molecule has 0 atom stereocenters. The molecule has 0 bridgehead atoms. The summed E-state index contributed by atoms with van der Waals surface area (Å²) in [6, 6.07) is -0.427. The van der Waals surface area contributed by atoms with Crippen molar-refractivity contribution in [3.05, 3.63) is 12.2 Å². The quantitative estimate of drug-likeness (QED) is 0.660. The van der Waals surface area contributed by atoms with Crippen LogP contribution in [0.3, 0.4) is 0 Å². The summed E-state index contributed by atoms with van der Waals surface area (Å²) in [5, 5.41) is 17.3. The lowest BCUT2D eigenvalue weighted by atomic mass is 9.94. The average Bonchev–Trinajstić information content (AvgIpc) is 2.79. The zero-order chi connectivity index (χ0) is 13.6. The topological polar surface area (TPSA) is 117 Å². The fourth-order valence-corrected chi connectivity index (χ4v) is 1.03. The molecule has 0 unspecified atom stereocenters. The lowest BCUT2D eigenvalue weighted by molar-refractivity contribution is -0.146. The summed E-state index contributed by atoms with van der Waals surface area (Å²) in [5.74, 6) is -0.533. The Morgan fingerprint density at radius 1 is 1.44 bits per heavy atom. The van der Waals surface area contributed by atoms with Gasteiger partial charge in [-0.25, -0.2) is 4.79 Å². The summed E-state index contributed by atoms with van der Waals surface area (Å²) in [6.45, 7) is 3.46.